The van der Waals surface area contributed by atoms with Crippen LogP contribution in [0.5, 0.6) is 0 Å². The van der Waals surface area contributed by atoms with E-state index in [1.165, 1.54) is 16.7 Å². The van der Waals surface area contributed by atoms with Gasteiger partial charge in [0.05, 0.1) is 11.7 Å². The lowest BCUT2D eigenvalue weighted by Crippen LogP contribution is -2.32. The molecule has 3 rings (SSSR count). The Morgan fingerprint density at radius 1 is 1.14 bits per heavy atom. The molecular weight excluding hydrogens is 274 g/mol. The van der Waals surface area contributed by atoms with Crippen LogP contribution in [0.3, 0.4) is 0 Å². The maximum absolute atomic E-state index is 12.8. The average Bonchev–Trinajstić information content (AvgIpc) is 2.99. The Labute approximate surface area is 131 Å². The van der Waals surface area contributed by atoms with E-state index in [4.69, 9.17) is 0 Å². The van der Waals surface area contributed by atoms with Crippen molar-refractivity contribution in [1.29, 1.82) is 0 Å². The molecule has 0 saturated carbocycles. The molecule has 1 aromatic carbocycles. The molecule has 1 aliphatic rings. The van der Waals surface area contributed by atoms with E-state index in [-0.39, 0.29) is 11.9 Å². The molecular formula is C18H21N3O. The number of hydrogen-bond acceptors (Lipinski definition) is 3. The van der Waals surface area contributed by atoms with Crippen LogP contribution in [-0.4, -0.2) is 27.3 Å². The zero-order valence-corrected chi connectivity index (χ0v) is 13.3. The van der Waals surface area contributed by atoms with Crippen molar-refractivity contribution >= 4 is 5.91 Å². The monoisotopic (exact) mass is 295 g/mol. The lowest BCUT2D eigenvalue weighted by molar-refractivity contribution is 0.0728. The van der Waals surface area contributed by atoms with Gasteiger partial charge in [-0.15, -0.1) is 0 Å². The van der Waals surface area contributed by atoms with E-state index < -0.39 is 0 Å². The summed E-state index contributed by atoms with van der Waals surface area (Å²) < 4.78 is 0. The van der Waals surface area contributed by atoms with E-state index in [0.717, 1.165) is 19.4 Å². The second kappa shape index (κ2) is 5.87. The zero-order chi connectivity index (χ0) is 15.7. The first-order chi connectivity index (χ1) is 10.6. The predicted octanol–water partition coefficient (Wildman–Crippen LogP) is 3.38. The van der Waals surface area contributed by atoms with Crippen molar-refractivity contribution in [3.05, 3.63) is 58.7 Å². The fourth-order valence-electron chi connectivity index (χ4n) is 3.08. The molecule has 1 fully saturated rings. The van der Waals surface area contributed by atoms with Gasteiger partial charge in [0, 0.05) is 18.9 Å². The highest BCUT2D eigenvalue weighted by molar-refractivity contribution is 5.93. The molecule has 22 heavy (non-hydrogen) atoms. The molecule has 4 nitrogen and oxygen atoms in total. The van der Waals surface area contributed by atoms with Crippen LogP contribution in [0.2, 0.25) is 0 Å². The Balaban J connectivity index is 1.91. The van der Waals surface area contributed by atoms with Gasteiger partial charge in [-0.1, -0.05) is 18.2 Å². The number of carbonyl (C=O) groups is 1. The average molecular weight is 295 g/mol. The number of likely N-dealkylation sites (tertiary alicyclic amines) is 1. The molecule has 0 radical (unpaired) electrons. The van der Waals surface area contributed by atoms with Gasteiger partial charge in [-0.25, -0.2) is 4.98 Å². The maximum atomic E-state index is 12.8. The Morgan fingerprint density at radius 3 is 2.64 bits per heavy atom. The van der Waals surface area contributed by atoms with Crippen LogP contribution in [0, 0.1) is 20.8 Å². The first-order valence-corrected chi connectivity index (χ1v) is 7.73. The molecule has 1 saturated heterocycles. The van der Waals surface area contributed by atoms with Crippen LogP contribution in [0.15, 0.2) is 30.6 Å². The Bertz CT molecular complexity index is 711. The fourth-order valence-corrected chi connectivity index (χ4v) is 3.08. The van der Waals surface area contributed by atoms with Gasteiger partial charge in [-0.3, -0.25) is 9.78 Å². The fraction of sp³-hybridized carbons (Fsp3) is 0.389. The van der Waals surface area contributed by atoms with E-state index in [1.54, 1.807) is 12.4 Å². The van der Waals surface area contributed by atoms with Crippen LogP contribution in [0.1, 0.15) is 51.8 Å². The summed E-state index contributed by atoms with van der Waals surface area (Å²) in [6, 6.07) is 6.63. The number of hydrogen-bond donors (Lipinski definition) is 0. The summed E-state index contributed by atoms with van der Waals surface area (Å²) in [5, 5.41) is 0. The highest BCUT2D eigenvalue weighted by Crippen LogP contribution is 2.33. The normalized spacial score (nSPS) is 17.8. The molecule has 1 aliphatic heterocycles. The van der Waals surface area contributed by atoms with Crippen molar-refractivity contribution in [3.8, 4) is 0 Å². The van der Waals surface area contributed by atoms with E-state index in [1.807, 2.05) is 11.8 Å². The minimum Gasteiger partial charge on any atom is -0.330 e. The van der Waals surface area contributed by atoms with Gasteiger partial charge >= 0.3 is 0 Å². The zero-order valence-electron chi connectivity index (χ0n) is 13.3. The number of aryl methyl sites for hydroxylation is 3. The van der Waals surface area contributed by atoms with Crippen molar-refractivity contribution in [1.82, 2.24) is 14.9 Å². The van der Waals surface area contributed by atoms with E-state index >= 15 is 0 Å². The Hall–Kier alpha value is -2.23. The minimum atomic E-state index is -0.00803. The van der Waals surface area contributed by atoms with Crippen LogP contribution in [-0.2, 0) is 0 Å². The summed E-state index contributed by atoms with van der Waals surface area (Å²) in [7, 11) is 0. The standard InChI is InChI=1S/C18H21N3O/c1-12-6-7-15(11-13(12)2)16-5-4-10-21(16)18(22)17-14(3)19-8-9-20-17/h6-9,11,16H,4-5,10H2,1-3H3. The quantitative estimate of drug-likeness (QED) is 0.853. The van der Waals surface area contributed by atoms with Crippen molar-refractivity contribution < 1.29 is 4.79 Å². The van der Waals surface area contributed by atoms with Gasteiger partial charge in [-0.05, 0) is 50.3 Å². The minimum absolute atomic E-state index is 0.00803. The second-order valence-corrected chi connectivity index (χ2v) is 5.99. The summed E-state index contributed by atoms with van der Waals surface area (Å²) in [5.41, 5.74) is 4.93. The third-order valence-electron chi connectivity index (χ3n) is 4.51. The Morgan fingerprint density at radius 2 is 1.91 bits per heavy atom. The molecule has 0 N–H and O–H groups in total. The van der Waals surface area contributed by atoms with Crippen molar-refractivity contribution in [2.24, 2.45) is 0 Å². The van der Waals surface area contributed by atoms with Crippen LogP contribution in [0.4, 0.5) is 0 Å². The molecule has 1 atom stereocenters. The van der Waals surface area contributed by atoms with Crippen molar-refractivity contribution in [2.75, 3.05) is 6.54 Å². The highest BCUT2D eigenvalue weighted by atomic mass is 16.2. The molecule has 0 aliphatic carbocycles. The summed E-state index contributed by atoms with van der Waals surface area (Å²) in [6.07, 6.45) is 5.24. The molecule has 1 aromatic heterocycles. The van der Waals surface area contributed by atoms with Crippen LogP contribution < -0.4 is 0 Å². The van der Waals surface area contributed by atoms with Crippen LogP contribution >= 0.6 is 0 Å². The van der Waals surface area contributed by atoms with Crippen LogP contribution in [0.25, 0.3) is 0 Å². The molecule has 2 heterocycles. The van der Waals surface area contributed by atoms with Gasteiger partial charge in [0.1, 0.15) is 5.69 Å². The van der Waals surface area contributed by atoms with Crippen molar-refractivity contribution in [3.63, 3.8) is 0 Å². The number of rotatable bonds is 2. The number of benzene rings is 1. The summed E-state index contributed by atoms with van der Waals surface area (Å²) in [5.74, 6) is -0.00803. The summed E-state index contributed by atoms with van der Waals surface area (Å²) in [4.78, 5) is 23.2. The first-order valence-electron chi connectivity index (χ1n) is 7.73. The third kappa shape index (κ3) is 2.61. The van der Waals surface area contributed by atoms with Gasteiger partial charge in [0.15, 0.2) is 0 Å². The number of nitrogens with zero attached hydrogens (tertiary/aromatic N) is 3. The molecule has 0 spiro atoms. The smallest absolute Gasteiger partial charge is 0.274 e. The number of amides is 1. The van der Waals surface area contributed by atoms with Gasteiger partial charge in [-0.2, -0.15) is 0 Å². The lowest BCUT2D eigenvalue weighted by Gasteiger charge is -2.25. The van der Waals surface area contributed by atoms with Gasteiger partial charge in [0.2, 0.25) is 0 Å². The van der Waals surface area contributed by atoms with Crippen molar-refractivity contribution in [2.45, 2.75) is 39.7 Å². The highest BCUT2D eigenvalue weighted by Gasteiger charge is 2.32. The van der Waals surface area contributed by atoms with E-state index in [0.29, 0.717) is 11.4 Å². The van der Waals surface area contributed by atoms with E-state index in [9.17, 15) is 4.79 Å². The lowest BCUT2D eigenvalue weighted by atomic mass is 9.99. The predicted molar refractivity (Wildman–Crippen MR) is 85.7 cm³/mol. The first kappa shape index (κ1) is 14.7. The molecule has 4 heteroatoms. The number of carbonyl (C=O) groups excluding carboxylic acids is 1. The third-order valence-corrected chi connectivity index (χ3v) is 4.51. The van der Waals surface area contributed by atoms with Gasteiger partial charge in [0.25, 0.3) is 5.91 Å². The SMILES string of the molecule is Cc1ccc(C2CCCN2C(=O)c2nccnc2C)cc1C. The molecule has 0 bridgehead atoms. The largest absolute Gasteiger partial charge is 0.330 e. The topological polar surface area (TPSA) is 46.1 Å². The molecule has 1 unspecified atom stereocenters. The van der Waals surface area contributed by atoms with Gasteiger partial charge < -0.3 is 4.90 Å². The summed E-state index contributed by atoms with van der Waals surface area (Å²) >= 11 is 0. The Kier molecular flexibility index (Phi) is 3.92. The molecule has 114 valence electrons. The van der Waals surface area contributed by atoms with E-state index in [2.05, 4.69) is 42.0 Å². The summed E-state index contributed by atoms with van der Waals surface area (Å²) in [6.45, 7) is 6.85. The number of aromatic nitrogens is 2. The molecule has 2 aromatic rings. The second-order valence-electron chi connectivity index (χ2n) is 5.99. The molecule has 1 amide bonds. The maximum Gasteiger partial charge on any atom is 0.274 e.